The van der Waals surface area contributed by atoms with Crippen LogP contribution >= 0.6 is 0 Å². The second kappa shape index (κ2) is 10.1. The van der Waals surface area contributed by atoms with E-state index in [2.05, 4.69) is 0 Å². The van der Waals surface area contributed by atoms with Gasteiger partial charge in [0.25, 0.3) is 5.91 Å². The van der Waals surface area contributed by atoms with Crippen LogP contribution in [0.4, 0.5) is 10.1 Å². The van der Waals surface area contributed by atoms with Gasteiger partial charge in [0.15, 0.2) is 5.43 Å². The van der Waals surface area contributed by atoms with Gasteiger partial charge in [0, 0.05) is 5.69 Å². The molecule has 0 radical (unpaired) electrons. The summed E-state index contributed by atoms with van der Waals surface area (Å²) in [6.45, 7) is 2.81. The van der Waals surface area contributed by atoms with E-state index in [9.17, 15) is 14.0 Å². The SMILES string of the molecule is CCOc1ccc(N2C(=O)c3oc4ccc(F)cc4c(=O)c3C2c2ccc(OCc3ccccc3)cc2)cc1. The predicted octanol–water partition coefficient (Wildman–Crippen LogP) is 6.66. The van der Waals surface area contributed by atoms with Gasteiger partial charge >= 0.3 is 0 Å². The Hall–Kier alpha value is -4.91. The van der Waals surface area contributed by atoms with Crippen molar-refractivity contribution in [3.05, 3.63) is 136 Å². The van der Waals surface area contributed by atoms with Crippen molar-refractivity contribution < 1.29 is 23.1 Å². The van der Waals surface area contributed by atoms with Crippen LogP contribution in [0.15, 0.2) is 106 Å². The smallest absolute Gasteiger partial charge is 0.295 e. The fourth-order valence-corrected chi connectivity index (χ4v) is 4.88. The van der Waals surface area contributed by atoms with E-state index in [1.165, 1.54) is 17.0 Å². The zero-order valence-electron chi connectivity index (χ0n) is 21.1. The normalized spacial score (nSPS) is 14.5. The highest BCUT2D eigenvalue weighted by atomic mass is 19.1. The van der Waals surface area contributed by atoms with Crippen molar-refractivity contribution in [3.8, 4) is 11.5 Å². The first-order chi connectivity index (χ1) is 19.0. The van der Waals surface area contributed by atoms with E-state index in [4.69, 9.17) is 13.9 Å². The number of anilines is 1. The maximum Gasteiger partial charge on any atom is 0.295 e. The summed E-state index contributed by atoms with van der Waals surface area (Å²) in [5.74, 6) is 0.248. The highest BCUT2D eigenvalue weighted by molar-refractivity contribution is 6.10. The van der Waals surface area contributed by atoms with Crippen LogP contribution in [0.5, 0.6) is 11.5 Å². The van der Waals surface area contributed by atoms with Gasteiger partial charge in [0.2, 0.25) is 5.76 Å². The molecule has 6 rings (SSSR count). The first-order valence-electron chi connectivity index (χ1n) is 12.6. The standard InChI is InChI=1S/C32H24FNO5/c1-2-37-24-15-11-23(12-16-24)34-29(21-8-13-25(14-9-21)38-19-20-6-4-3-5-7-20)28-30(35)26-18-22(33)10-17-27(26)39-31(28)32(34)36/h3-18,29H,2,19H2,1H3. The number of hydrogen-bond donors (Lipinski definition) is 0. The second-order valence-electron chi connectivity index (χ2n) is 9.16. The van der Waals surface area contributed by atoms with Crippen molar-refractivity contribution in [1.29, 1.82) is 0 Å². The van der Waals surface area contributed by atoms with Crippen LogP contribution in [0.3, 0.4) is 0 Å². The highest BCUT2D eigenvalue weighted by Crippen LogP contribution is 2.42. The fraction of sp³-hybridized carbons (Fsp3) is 0.125. The van der Waals surface area contributed by atoms with Gasteiger partial charge in [-0.15, -0.1) is 0 Å². The van der Waals surface area contributed by atoms with Crippen molar-refractivity contribution in [2.75, 3.05) is 11.5 Å². The number of carbonyl (C=O) groups excluding carboxylic acids is 1. The molecule has 1 aliphatic rings. The van der Waals surface area contributed by atoms with Crippen LogP contribution in [0.1, 0.15) is 40.2 Å². The Morgan fingerprint density at radius 2 is 1.54 bits per heavy atom. The number of halogens is 1. The summed E-state index contributed by atoms with van der Waals surface area (Å²) in [5, 5.41) is 0.0860. The lowest BCUT2D eigenvalue weighted by Gasteiger charge is -2.25. The molecule has 0 fully saturated rings. The summed E-state index contributed by atoms with van der Waals surface area (Å²) in [6, 6.07) is 27.1. The molecule has 1 aliphatic heterocycles. The van der Waals surface area contributed by atoms with Gasteiger partial charge in [0.1, 0.15) is 29.5 Å². The molecule has 0 spiro atoms. The van der Waals surface area contributed by atoms with Crippen LogP contribution in [0.2, 0.25) is 0 Å². The largest absolute Gasteiger partial charge is 0.494 e. The summed E-state index contributed by atoms with van der Waals surface area (Å²) in [7, 11) is 0. The minimum Gasteiger partial charge on any atom is -0.494 e. The van der Waals surface area contributed by atoms with Crippen LogP contribution in [0, 0.1) is 5.82 Å². The van der Waals surface area contributed by atoms with E-state index in [1.807, 2.05) is 49.4 Å². The third-order valence-corrected chi connectivity index (χ3v) is 6.70. The van der Waals surface area contributed by atoms with Gasteiger partial charge in [-0.05, 0) is 72.6 Å². The van der Waals surface area contributed by atoms with Gasteiger partial charge < -0.3 is 13.9 Å². The minimum absolute atomic E-state index is 0.0533. The quantitative estimate of drug-likeness (QED) is 0.240. The molecule has 0 aliphatic carbocycles. The molecule has 1 unspecified atom stereocenters. The zero-order valence-corrected chi connectivity index (χ0v) is 21.1. The number of fused-ring (bicyclic) bond motifs is 2. The Kier molecular flexibility index (Phi) is 6.32. The number of carbonyl (C=O) groups is 1. The second-order valence-corrected chi connectivity index (χ2v) is 9.16. The average molecular weight is 522 g/mol. The fourth-order valence-electron chi connectivity index (χ4n) is 4.88. The predicted molar refractivity (Wildman–Crippen MR) is 146 cm³/mol. The van der Waals surface area contributed by atoms with E-state index in [1.54, 1.807) is 36.4 Å². The Morgan fingerprint density at radius 1 is 0.846 bits per heavy atom. The molecule has 0 bridgehead atoms. The van der Waals surface area contributed by atoms with Gasteiger partial charge in [-0.1, -0.05) is 42.5 Å². The molecule has 1 atom stereocenters. The summed E-state index contributed by atoms with van der Waals surface area (Å²) in [4.78, 5) is 29.0. The van der Waals surface area contributed by atoms with Gasteiger partial charge in [0.05, 0.1) is 23.6 Å². The molecule has 6 nitrogen and oxygen atoms in total. The Labute approximate surface area is 223 Å². The van der Waals surface area contributed by atoms with Crippen LogP contribution < -0.4 is 19.8 Å². The Bertz CT molecular complexity index is 1710. The van der Waals surface area contributed by atoms with E-state index in [0.717, 1.165) is 11.6 Å². The van der Waals surface area contributed by atoms with E-state index < -0.39 is 23.2 Å². The molecule has 7 heteroatoms. The molecule has 1 amide bonds. The molecular weight excluding hydrogens is 497 g/mol. The van der Waals surface area contributed by atoms with E-state index >= 15 is 0 Å². The lowest BCUT2D eigenvalue weighted by molar-refractivity contribution is 0.0971. The average Bonchev–Trinajstić information content (AvgIpc) is 3.26. The molecule has 2 heterocycles. The minimum atomic E-state index is -0.780. The molecule has 4 aromatic carbocycles. The third kappa shape index (κ3) is 4.52. The number of benzene rings is 4. The summed E-state index contributed by atoms with van der Waals surface area (Å²) < 4.78 is 31.5. The third-order valence-electron chi connectivity index (χ3n) is 6.70. The number of amides is 1. The molecule has 0 saturated heterocycles. The molecule has 39 heavy (non-hydrogen) atoms. The van der Waals surface area contributed by atoms with Crippen LogP contribution in [-0.4, -0.2) is 12.5 Å². The van der Waals surface area contributed by atoms with Gasteiger partial charge in [-0.3, -0.25) is 14.5 Å². The lowest BCUT2D eigenvalue weighted by Crippen LogP contribution is -2.29. The highest BCUT2D eigenvalue weighted by Gasteiger charge is 2.43. The number of hydrogen-bond acceptors (Lipinski definition) is 5. The summed E-state index contributed by atoms with van der Waals surface area (Å²) >= 11 is 0. The molecule has 5 aromatic rings. The van der Waals surface area contributed by atoms with Crippen molar-refractivity contribution >= 4 is 22.6 Å². The van der Waals surface area contributed by atoms with Crippen molar-refractivity contribution in [2.45, 2.75) is 19.6 Å². The van der Waals surface area contributed by atoms with E-state index in [-0.39, 0.29) is 22.3 Å². The first-order valence-corrected chi connectivity index (χ1v) is 12.6. The maximum atomic E-state index is 14.1. The summed E-state index contributed by atoms with van der Waals surface area (Å²) in [5.41, 5.74) is 2.18. The van der Waals surface area contributed by atoms with Crippen molar-refractivity contribution in [3.63, 3.8) is 0 Å². The number of nitrogens with zero attached hydrogens (tertiary/aromatic N) is 1. The zero-order chi connectivity index (χ0) is 26.9. The molecule has 194 valence electrons. The maximum absolute atomic E-state index is 14.1. The van der Waals surface area contributed by atoms with Gasteiger partial charge in [-0.2, -0.15) is 0 Å². The van der Waals surface area contributed by atoms with Crippen molar-refractivity contribution in [2.24, 2.45) is 0 Å². The van der Waals surface area contributed by atoms with Crippen LogP contribution in [0.25, 0.3) is 11.0 Å². The number of ether oxygens (including phenoxy) is 2. The Balaban J connectivity index is 1.43. The van der Waals surface area contributed by atoms with Crippen LogP contribution in [-0.2, 0) is 6.61 Å². The van der Waals surface area contributed by atoms with Crippen molar-refractivity contribution in [1.82, 2.24) is 0 Å². The topological polar surface area (TPSA) is 69.0 Å². The molecule has 1 aromatic heterocycles. The summed E-state index contributed by atoms with van der Waals surface area (Å²) in [6.07, 6.45) is 0. The lowest BCUT2D eigenvalue weighted by atomic mass is 9.98. The Morgan fingerprint density at radius 3 is 2.26 bits per heavy atom. The molecule has 0 N–H and O–H groups in total. The monoisotopic (exact) mass is 521 g/mol. The van der Waals surface area contributed by atoms with E-state index in [0.29, 0.717) is 36.0 Å². The first kappa shape index (κ1) is 24.4. The van der Waals surface area contributed by atoms with Gasteiger partial charge in [-0.25, -0.2) is 4.39 Å². The number of rotatable bonds is 7. The molecule has 0 saturated carbocycles. The molecular formula is C32H24FNO5.